The van der Waals surface area contributed by atoms with E-state index in [2.05, 4.69) is 5.32 Å². The molecule has 0 spiro atoms. The van der Waals surface area contributed by atoms with Crippen molar-refractivity contribution in [1.29, 1.82) is 0 Å². The third-order valence-electron chi connectivity index (χ3n) is 4.32. The van der Waals surface area contributed by atoms with Gasteiger partial charge in [0.25, 0.3) is 0 Å². The van der Waals surface area contributed by atoms with Crippen molar-refractivity contribution in [2.75, 3.05) is 19.8 Å². The van der Waals surface area contributed by atoms with E-state index >= 15 is 0 Å². The molecular formula is C19H19NO4. The molecule has 2 aliphatic heterocycles. The van der Waals surface area contributed by atoms with Crippen LogP contribution >= 0.6 is 0 Å². The highest BCUT2D eigenvalue weighted by Crippen LogP contribution is 2.31. The number of fused-ring (bicyclic) bond motifs is 2. The molecule has 24 heavy (non-hydrogen) atoms. The summed E-state index contributed by atoms with van der Waals surface area (Å²) in [6.45, 7) is 2.02. The summed E-state index contributed by atoms with van der Waals surface area (Å²) in [5.74, 6) is 2.24. The molecule has 0 fully saturated rings. The molecule has 0 saturated carbocycles. The fourth-order valence-corrected chi connectivity index (χ4v) is 3.03. The van der Waals surface area contributed by atoms with Gasteiger partial charge in [0.1, 0.15) is 25.6 Å². The van der Waals surface area contributed by atoms with Crippen LogP contribution in [0.2, 0.25) is 0 Å². The number of hydrogen-bond acceptors (Lipinski definition) is 4. The molecule has 4 rings (SSSR count). The summed E-state index contributed by atoms with van der Waals surface area (Å²) in [5, 5.41) is 2.99. The SMILES string of the molecule is O=C(NCc1ccc2c(c1)OCCO2)C1COc2ccccc2C1. The molecule has 1 N–H and O–H groups in total. The second-order valence-electron chi connectivity index (χ2n) is 6.02. The van der Waals surface area contributed by atoms with Gasteiger partial charge in [0.15, 0.2) is 11.5 Å². The second-order valence-corrected chi connectivity index (χ2v) is 6.02. The van der Waals surface area contributed by atoms with Crippen LogP contribution in [0.1, 0.15) is 11.1 Å². The van der Waals surface area contributed by atoms with E-state index < -0.39 is 0 Å². The lowest BCUT2D eigenvalue weighted by atomic mass is 9.96. The quantitative estimate of drug-likeness (QED) is 0.941. The molecule has 0 saturated heterocycles. The number of hydrogen-bond donors (Lipinski definition) is 1. The van der Waals surface area contributed by atoms with Gasteiger partial charge in [-0.1, -0.05) is 24.3 Å². The fourth-order valence-electron chi connectivity index (χ4n) is 3.03. The molecule has 2 aromatic carbocycles. The van der Waals surface area contributed by atoms with Crippen molar-refractivity contribution < 1.29 is 19.0 Å². The van der Waals surface area contributed by atoms with Crippen molar-refractivity contribution >= 4 is 5.91 Å². The van der Waals surface area contributed by atoms with Gasteiger partial charge in [0, 0.05) is 6.54 Å². The zero-order chi connectivity index (χ0) is 16.4. The summed E-state index contributed by atoms with van der Waals surface area (Å²) in [7, 11) is 0. The lowest BCUT2D eigenvalue weighted by molar-refractivity contribution is -0.126. The van der Waals surface area contributed by atoms with Crippen LogP contribution in [0.25, 0.3) is 0 Å². The van der Waals surface area contributed by atoms with Crippen molar-refractivity contribution in [2.24, 2.45) is 5.92 Å². The minimum absolute atomic E-state index is 0.0133. The predicted molar refractivity (Wildman–Crippen MR) is 88.4 cm³/mol. The molecule has 0 radical (unpaired) electrons. The number of carbonyl (C=O) groups is 1. The topological polar surface area (TPSA) is 56.8 Å². The first-order chi connectivity index (χ1) is 11.8. The summed E-state index contributed by atoms with van der Waals surface area (Å²) < 4.78 is 16.8. The molecule has 0 aromatic heterocycles. The number of amides is 1. The van der Waals surface area contributed by atoms with Crippen LogP contribution in [0.5, 0.6) is 17.2 Å². The van der Waals surface area contributed by atoms with Crippen LogP contribution in [-0.4, -0.2) is 25.7 Å². The van der Waals surface area contributed by atoms with Gasteiger partial charge in [-0.2, -0.15) is 0 Å². The summed E-state index contributed by atoms with van der Waals surface area (Å²) >= 11 is 0. The first kappa shape index (κ1) is 14.9. The Morgan fingerprint density at radius 3 is 2.75 bits per heavy atom. The van der Waals surface area contributed by atoms with Crippen molar-refractivity contribution in [1.82, 2.24) is 5.32 Å². The first-order valence-corrected chi connectivity index (χ1v) is 8.16. The van der Waals surface area contributed by atoms with Gasteiger partial charge in [-0.05, 0) is 35.7 Å². The van der Waals surface area contributed by atoms with Crippen molar-refractivity contribution in [3.63, 3.8) is 0 Å². The minimum Gasteiger partial charge on any atom is -0.492 e. The second kappa shape index (κ2) is 6.43. The molecule has 1 amide bonds. The predicted octanol–water partition coefficient (Wildman–Crippen LogP) is 2.33. The highest BCUT2D eigenvalue weighted by Gasteiger charge is 2.25. The standard InChI is InChI=1S/C19H19NO4/c21-19(15-10-14-3-1-2-4-16(14)24-12-15)20-11-13-5-6-17-18(9-13)23-8-7-22-17/h1-6,9,15H,7-8,10-12H2,(H,20,21). The first-order valence-electron chi connectivity index (χ1n) is 8.16. The number of nitrogens with one attached hydrogen (secondary N) is 1. The summed E-state index contributed by atoms with van der Waals surface area (Å²) in [6, 6.07) is 13.6. The Hall–Kier alpha value is -2.69. The average molecular weight is 325 g/mol. The number of para-hydroxylation sites is 1. The van der Waals surface area contributed by atoms with Crippen LogP contribution < -0.4 is 19.5 Å². The van der Waals surface area contributed by atoms with Gasteiger partial charge in [0.2, 0.25) is 5.91 Å². The van der Waals surface area contributed by atoms with Gasteiger partial charge in [-0.15, -0.1) is 0 Å². The van der Waals surface area contributed by atoms with E-state index in [9.17, 15) is 4.79 Å². The van der Waals surface area contributed by atoms with Crippen LogP contribution in [0.4, 0.5) is 0 Å². The third kappa shape index (κ3) is 3.02. The largest absolute Gasteiger partial charge is 0.492 e. The van der Waals surface area contributed by atoms with Crippen LogP contribution in [0.3, 0.4) is 0 Å². The number of benzene rings is 2. The Kier molecular flexibility index (Phi) is 3.99. The van der Waals surface area contributed by atoms with Gasteiger partial charge in [-0.25, -0.2) is 0 Å². The number of rotatable bonds is 3. The fraction of sp³-hybridized carbons (Fsp3) is 0.316. The molecule has 1 unspecified atom stereocenters. The van der Waals surface area contributed by atoms with Gasteiger partial charge < -0.3 is 19.5 Å². The molecule has 1 atom stereocenters. The number of ether oxygens (including phenoxy) is 3. The van der Waals surface area contributed by atoms with Crippen LogP contribution in [0.15, 0.2) is 42.5 Å². The van der Waals surface area contributed by atoms with E-state index in [0.717, 1.165) is 28.4 Å². The number of carbonyl (C=O) groups excluding carboxylic acids is 1. The third-order valence-corrected chi connectivity index (χ3v) is 4.32. The van der Waals surface area contributed by atoms with Gasteiger partial charge in [0.05, 0.1) is 5.92 Å². The summed E-state index contributed by atoms with van der Waals surface area (Å²) in [5.41, 5.74) is 2.08. The van der Waals surface area contributed by atoms with E-state index in [-0.39, 0.29) is 11.8 Å². The van der Waals surface area contributed by atoms with Gasteiger partial charge in [-0.3, -0.25) is 4.79 Å². The Labute approximate surface area is 140 Å². The molecule has 2 aliphatic rings. The molecule has 2 heterocycles. The summed E-state index contributed by atoms with van der Waals surface area (Å²) in [4.78, 5) is 12.4. The van der Waals surface area contributed by atoms with E-state index in [1.165, 1.54) is 0 Å². The lowest BCUT2D eigenvalue weighted by Crippen LogP contribution is -2.37. The maximum atomic E-state index is 12.4. The van der Waals surface area contributed by atoms with E-state index in [4.69, 9.17) is 14.2 Å². The van der Waals surface area contributed by atoms with E-state index in [1.54, 1.807) is 0 Å². The highest BCUT2D eigenvalue weighted by molar-refractivity contribution is 5.79. The van der Waals surface area contributed by atoms with Gasteiger partial charge >= 0.3 is 0 Å². The molecular weight excluding hydrogens is 306 g/mol. The Morgan fingerprint density at radius 2 is 1.83 bits per heavy atom. The molecule has 5 nitrogen and oxygen atoms in total. The van der Waals surface area contributed by atoms with Crippen LogP contribution in [0, 0.1) is 5.92 Å². The lowest BCUT2D eigenvalue weighted by Gasteiger charge is -2.24. The molecule has 5 heteroatoms. The molecule has 2 aromatic rings. The van der Waals surface area contributed by atoms with E-state index in [1.807, 2.05) is 42.5 Å². The smallest absolute Gasteiger partial charge is 0.227 e. The van der Waals surface area contributed by atoms with E-state index in [0.29, 0.717) is 32.8 Å². The van der Waals surface area contributed by atoms with Crippen molar-refractivity contribution in [2.45, 2.75) is 13.0 Å². The Bertz CT molecular complexity index is 759. The average Bonchev–Trinajstić information content (AvgIpc) is 2.65. The monoisotopic (exact) mass is 325 g/mol. The Morgan fingerprint density at radius 1 is 1.00 bits per heavy atom. The maximum Gasteiger partial charge on any atom is 0.227 e. The molecule has 124 valence electrons. The zero-order valence-electron chi connectivity index (χ0n) is 13.3. The maximum absolute atomic E-state index is 12.4. The van der Waals surface area contributed by atoms with Crippen molar-refractivity contribution in [3.8, 4) is 17.2 Å². The van der Waals surface area contributed by atoms with Crippen LogP contribution in [-0.2, 0) is 17.8 Å². The molecule has 0 bridgehead atoms. The summed E-state index contributed by atoms with van der Waals surface area (Å²) in [6.07, 6.45) is 0.711. The minimum atomic E-state index is -0.155. The highest BCUT2D eigenvalue weighted by atomic mass is 16.6. The molecule has 0 aliphatic carbocycles. The van der Waals surface area contributed by atoms with Crippen molar-refractivity contribution in [3.05, 3.63) is 53.6 Å². The normalized spacial score (nSPS) is 18.2. The zero-order valence-corrected chi connectivity index (χ0v) is 13.3. The Balaban J connectivity index is 1.37.